The molecule has 3 aromatic rings. The summed E-state index contributed by atoms with van der Waals surface area (Å²) in [5, 5.41) is 6.27. The van der Waals surface area contributed by atoms with Crippen molar-refractivity contribution in [3.05, 3.63) is 108 Å². The van der Waals surface area contributed by atoms with Crippen LogP contribution in [0.5, 0.6) is 0 Å². The first kappa shape index (κ1) is 26.8. The van der Waals surface area contributed by atoms with Gasteiger partial charge in [0, 0.05) is 55.9 Å². The molecule has 1 fully saturated rings. The molecule has 0 aliphatic carbocycles. The Morgan fingerprint density at radius 1 is 1.11 bits per heavy atom. The van der Waals surface area contributed by atoms with Crippen molar-refractivity contribution >= 4 is 28.8 Å². The number of rotatable bonds is 9. The van der Waals surface area contributed by atoms with Crippen LogP contribution >= 0.6 is 0 Å². The average Bonchev–Trinajstić information content (AvgIpc) is 2.93. The van der Waals surface area contributed by atoms with Gasteiger partial charge in [-0.15, -0.1) is 0 Å². The second-order valence-corrected chi connectivity index (χ2v) is 9.36. The van der Waals surface area contributed by atoms with E-state index in [0.29, 0.717) is 22.9 Å². The maximum absolute atomic E-state index is 12.9. The molecule has 0 radical (unpaired) electrons. The third-order valence-corrected chi connectivity index (χ3v) is 6.52. The summed E-state index contributed by atoms with van der Waals surface area (Å²) in [4.78, 5) is 26.7. The summed E-state index contributed by atoms with van der Waals surface area (Å²) in [6, 6.07) is 15.4. The fourth-order valence-electron chi connectivity index (χ4n) is 4.18. The highest BCUT2D eigenvalue weighted by Gasteiger charge is 2.14. The first-order chi connectivity index (χ1) is 18.4. The van der Waals surface area contributed by atoms with E-state index in [0.717, 1.165) is 49.5 Å². The number of benzene rings is 2. The van der Waals surface area contributed by atoms with Gasteiger partial charge in [-0.2, -0.15) is 0 Å². The average molecular weight is 510 g/mol. The van der Waals surface area contributed by atoms with Crippen molar-refractivity contribution in [3.8, 4) is 0 Å². The lowest BCUT2D eigenvalue weighted by Crippen LogP contribution is -2.43. The van der Waals surface area contributed by atoms with E-state index in [1.807, 2.05) is 61.5 Å². The lowest BCUT2D eigenvalue weighted by Gasteiger charge is -2.32. The summed E-state index contributed by atoms with van der Waals surface area (Å²) in [6.07, 6.45) is 8.41. The number of nitrogens with one attached hydrogen (secondary N) is 2. The number of hydrogen-bond donors (Lipinski definition) is 3. The van der Waals surface area contributed by atoms with E-state index in [1.54, 1.807) is 18.3 Å². The van der Waals surface area contributed by atoms with Crippen LogP contribution in [0.25, 0.3) is 5.57 Å². The van der Waals surface area contributed by atoms with Crippen molar-refractivity contribution < 1.29 is 4.79 Å². The molecule has 8 heteroatoms. The number of carbonyl (C=O) groups excluding carboxylic acids is 1. The van der Waals surface area contributed by atoms with Crippen molar-refractivity contribution in [1.29, 1.82) is 0 Å². The number of amides is 1. The zero-order valence-electron chi connectivity index (χ0n) is 22.0. The van der Waals surface area contributed by atoms with Crippen LogP contribution < -0.4 is 16.4 Å². The maximum atomic E-state index is 12.9. The normalized spacial score (nSPS) is 14.9. The van der Waals surface area contributed by atoms with E-state index in [4.69, 9.17) is 5.73 Å². The van der Waals surface area contributed by atoms with Crippen LogP contribution in [0.4, 0.5) is 17.3 Å². The molecule has 2 heterocycles. The van der Waals surface area contributed by atoms with Gasteiger partial charge in [0.2, 0.25) is 5.95 Å². The number of aryl methyl sites for hydroxylation is 1. The standard InChI is InChI=1S/C30H35N7O/c1-4-24(6-5-14-31)27-13-15-32-30(34-27)35-28-20-26(12-7-22(28)2)33-29(38)25-10-8-23(9-11-25)21-37-18-16-36(3)17-19-37/h4-15,20H,1,16-19,21,31H2,2-3H3,(H,33,38)(H,32,34,35)/b14-5-,24-6+. The summed E-state index contributed by atoms with van der Waals surface area (Å²) >= 11 is 0. The number of hydrogen-bond acceptors (Lipinski definition) is 7. The van der Waals surface area contributed by atoms with Crippen LogP contribution in [-0.4, -0.2) is 58.9 Å². The van der Waals surface area contributed by atoms with E-state index in [2.05, 4.69) is 44.0 Å². The number of nitrogens with zero attached hydrogens (tertiary/aromatic N) is 4. The number of likely N-dealkylation sites (N-methyl/N-ethyl adjacent to an activating group) is 1. The van der Waals surface area contributed by atoms with Crippen molar-refractivity contribution in [2.45, 2.75) is 13.5 Å². The minimum Gasteiger partial charge on any atom is -0.405 e. The van der Waals surface area contributed by atoms with E-state index in [-0.39, 0.29) is 5.91 Å². The predicted molar refractivity (Wildman–Crippen MR) is 155 cm³/mol. The van der Waals surface area contributed by atoms with Crippen LogP contribution in [0.1, 0.15) is 27.2 Å². The molecule has 1 saturated heterocycles. The van der Waals surface area contributed by atoms with Gasteiger partial charge in [0.15, 0.2) is 0 Å². The molecule has 1 aromatic heterocycles. The molecule has 0 saturated carbocycles. The number of carbonyl (C=O) groups is 1. The van der Waals surface area contributed by atoms with Gasteiger partial charge in [-0.1, -0.05) is 36.9 Å². The van der Waals surface area contributed by atoms with Gasteiger partial charge in [0.05, 0.1) is 5.69 Å². The molecule has 196 valence electrons. The van der Waals surface area contributed by atoms with E-state index >= 15 is 0 Å². The summed E-state index contributed by atoms with van der Waals surface area (Å²) in [5.41, 5.74) is 11.3. The first-order valence-electron chi connectivity index (χ1n) is 12.7. The number of anilines is 3. The Morgan fingerprint density at radius 3 is 2.58 bits per heavy atom. The summed E-state index contributed by atoms with van der Waals surface area (Å²) in [6.45, 7) is 11.0. The number of piperazine rings is 1. The highest BCUT2D eigenvalue weighted by atomic mass is 16.1. The molecule has 2 aromatic carbocycles. The lowest BCUT2D eigenvalue weighted by molar-refractivity contribution is 0.102. The zero-order valence-corrected chi connectivity index (χ0v) is 22.0. The fraction of sp³-hybridized carbons (Fsp3) is 0.233. The van der Waals surface area contributed by atoms with Crippen LogP contribution in [0.3, 0.4) is 0 Å². The van der Waals surface area contributed by atoms with Crippen molar-refractivity contribution in [2.75, 3.05) is 43.9 Å². The van der Waals surface area contributed by atoms with Gasteiger partial charge in [0.25, 0.3) is 5.91 Å². The summed E-state index contributed by atoms with van der Waals surface area (Å²) in [7, 11) is 2.16. The number of aromatic nitrogens is 2. The Hall–Kier alpha value is -4.27. The smallest absolute Gasteiger partial charge is 0.255 e. The first-order valence-corrected chi connectivity index (χ1v) is 12.7. The highest BCUT2D eigenvalue weighted by Crippen LogP contribution is 2.24. The molecule has 8 nitrogen and oxygen atoms in total. The Labute approximate surface area is 224 Å². The van der Waals surface area contributed by atoms with Gasteiger partial charge >= 0.3 is 0 Å². The Kier molecular flexibility index (Phi) is 9.02. The maximum Gasteiger partial charge on any atom is 0.255 e. The van der Waals surface area contributed by atoms with Crippen molar-refractivity contribution in [3.63, 3.8) is 0 Å². The Balaban J connectivity index is 1.42. The van der Waals surface area contributed by atoms with E-state index in [9.17, 15) is 4.79 Å². The van der Waals surface area contributed by atoms with Gasteiger partial charge in [-0.05, 0) is 73.3 Å². The molecule has 0 unspecified atom stereocenters. The minimum atomic E-state index is -0.155. The van der Waals surface area contributed by atoms with Crippen molar-refractivity contribution in [2.24, 2.45) is 5.73 Å². The molecule has 1 aliphatic rings. The van der Waals surface area contributed by atoms with Gasteiger partial charge in [0.1, 0.15) is 0 Å². The van der Waals surface area contributed by atoms with E-state index in [1.165, 1.54) is 11.8 Å². The molecule has 4 rings (SSSR count). The van der Waals surface area contributed by atoms with Crippen LogP contribution in [-0.2, 0) is 6.54 Å². The van der Waals surface area contributed by atoms with Gasteiger partial charge in [-0.25, -0.2) is 9.97 Å². The molecule has 0 bridgehead atoms. The second-order valence-electron chi connectivity index (χ2n) is 9.36. The largest absolute Gasteiger partial charge is 0.405 e. The van der Waals surface area contributed by atoms with Crippen molar-refractivity contribution in [1.82, 2.24) is 19.8 Å². The SMILES string of the molecule is C=C/C(=C\C=C/N)c1ccnc(Nc2cc(NC(=O)c3ccc(CN4CCN(C)CC4)cc3)ccc2C)n1. The Morgan fingerprint density at radius 2 is 1.87 bits per heavy atom. The minimum absolute atomic E-state index is 0.155. The third kappa shape index (κ3) is 7.15. The second kappa shape index (κ2) is 12.8. The van der Waals surface area contributed by atoms with E-state index < -0.39 is 0 Å². The molecule has 38 heavy (non-hydrogen) atoms. The topological polar surface area (TPSA) is 99.4 Å². The third-order valence-electron chi connectivity index (χ3n) is 6.52. The Bertz CT molecular complexity index is 1320. The molecular formula is C30H35N7O. The highest BCUT2D eigenvalue weighted by molar-refractivity contribution is 6.04. The predicted octanol–water partition coefficient (Wildman–Crippen LogP) is 4.57. The molecule has 1 amide bonds. The van der Waals surface area contributed by atoms with Gasteiger partial charge < -0.3 is 21.3 Å². The molecular weight excluding hydrogens is 474 g/mol. The summed E-state index contributed by atoms with van der Waals surface area (Å²) in [5.74, 6) is 0.285. The van der Waals surface area contributed by atoms with Gasteiger partial charge in [-0.3, -0.25) is 9.69 Å². The molecule has 0 spiro atoms. The lowest BCUT2D eigenvalue weighted by atomic mass is 10.1. The molecule has 1 aliphatic heterocycles. The number of nitrogens with two attached hydrogens (primary N) is 1. The monoisotopic (exact) mass is 509 g/mol. The summed E-state index contributed by atoms with van der Waals surface area (Å²) < 4.78 is 0. The molecule has 0 atom stereocenters. The fourth-order valence-corrected chi connectivity index (χ4v) is 4.18. The zero-order chi connectivity index (χ0) is 26.9. The quantitative estimate of drug-likeness (QED) is 0.363. The van der Waals surface area contributed by atoms with Crippen LogP contribution in [0, 0.1) is 6.92 Å². The number of allylic oxidation sites excluding steroid dienone is 4. The molecule has 4 N–H and O–H groups in total. The van der Waals surface area contributed by atoms with Crippen LogP contribution in [0.15, 0.2) is 85.7 Å². The van der Waals surface area contributed by atoms with Crippen LogP contribution in [0.2, 0.25) is 0 Å².